The van der Waals surface area contributed by atoms with Gasteiger partial charge in [-0.1, -0.05) is 11.8 Å². The first-order valence-corrected chi connectivity index (χ1v) is 12.0. The van der Waals surface area contributed by atoms with Crippen molar-refractivity contribution < 1.29 is 22.7 Å². The first kappa shape index (κ1) is 20.0. The van der Waals surface area contributed by atoms with E-state index in [-0.39, 0.29) is 30.1 Å². The number of carbonyl (C=O) groups excluding carboxylic acids is 1. The summed E-state index contributed by atoms with van der Waals surface area (Å²) in [6.07, 6.45) is 1.23. The van der Waals surface area contributed by atoms with E-state index in [1.165, 1.54) is 11.8 Å². The van der Waals surface area contributed by atoms with E-state index in [1.54, 1.807) is 25.1 Å². The largest absolute Gasteiger partial charge is 0.454 e. The van der Waals surface area contributed by atoms with Crippen LogP contribution in [0.25, 0.3) is 0 Å². The van der Waals surface area contributed by atoms with Crippen LogP contribution in [0.2, 0.25) is 0 Å². The molecule has 1 aromatic carbocycles. The standard InChI is InChI=1S/C18H22N4O5S2/c1-11(17(23)19-13-3-4-14-15(8-13)27-10-26-14)28-18-21-20-16(22(18)2)7-12-5-6-29(24,25)9-12/h3-4,8,11-12H,5-7,9-10H2,1-2H3,(H,19,23). The van der Waals surface area contributed by atoms with Gasteiger partial charge in [-0.05, 0) is 31.4 Å². The highest BCUT2D eigenvalue weighted by Gasteiger charge is 2.29. The van der Waals surface area contributed by atoms with Crippen molar-refractivity contribution in [1.29, 1.82) is 0 Å². The molecule has 2 aromatic rings. The lowest BCUT2D eigenvalue weighted by molar-refractivity contribution is -0.115. The van der Waals surface area contributed by atoms with Crippen molar-refractivity contribution in [2.45, 2.75) is 30.2 Å². The summed E-state index contributed by atoms with van der Waals surface area (Å²) in [5.74, 6) is 2.36. The van der Waals surface area contributed by atoms with Gasteiger partial charge in [0.25, 0.3) is 0 Å². The molecule has 9 nitrogen and oxygen atoms in total. The number of benzene rings is 1. The number of amides is 1. The van der Waals surface area contributed by atoms with Gasteiger partial charge in [-0.15, -0.1) is 10.2 Å². The van der Waals surface area contributed by atoms with Gasteiger partial charge >= 0.3 is 0 Å². The molecule has 1 aromatic heterocycles. The number of rotatable bonds is 6. The summed E-state index contributed by atoms with van der Waals surface area (Å²) in [5.41, 5.74) is 0.632. The predicted molar refractivity (Wildman–Crippen MR) is 108 cm³/mol. The maximum Gasteiger partial charge on any atom is 0.237 e. The molecule has 29 heavy (non-hydrogen) atoms. The van der Waals surface area contributed by atoms with Crippen molar-refractivity contribution in [3.63, 3.8) is 0 Å². The average Bonchev–Trinajstić information content (AvgIpc) is 3.36. The summed E-state index contributed by atoms with van der Waals surface area (Å²) in [6.45, 7) is 1.98. The number of hydrogen-bond acceptors (Lipinski definition) is 8. The summed E-state index contributed by atoms with van der Waals surface area (Å²) in [5, 5.41) is 11.5. The highest BCUT2D eigenvalue weighted by Crippen LogP contribution is 2.34. The number of anilines is 1. The zero-order valence-electron chi connectivity index (χ0n) is 16.1. The van der Waals surface area contributed by atoms with Gasteiger partial charge in [0.1, 0.15) is 5.82 Å². The maximum atomic E-state index is 12.6. The third kappa shape index (κ3) is 4.50. The number of hydrogen-bond donors (Lipinski definition) is 1. The molecule has 2 unspecified atom stereocenters. The Morgan fingerprint density at radius 3 is 2.90 bits per heavy atom. The van der Waals surface area contributed by atoms with E-state index in [1.807, 2.05) is 11.6 Å². The van der Waals surface area contributed by atoms with E-state index in [0.717, 1.165) is 5.82 Å². The van der Waals surface area contributed by atoms with Crippen molar-refractivity contribution in [2.24, 2.45) is 13.0 Å². The lowest BCUT2D eigenvalue weighted by Gasteiger charge is -2.12. The lowest BCUT2D eigenvalue weighted by atomic mass is 10.1. The second kappa shape index (κ2) is 7.86. The van der Waals surface area contributed by atoms with Gasteiger partial charge in [-0.25, -0.2) is 8.42 Å². The van der Waals surface area contributed by atoms with Crippen LogP contribution < -0.4 is 14.8 Å². The molecule has 0 radical (unpaired) electrons. The molecule has 2 atom stereocenters. The summed E-state index contributed by atoms with van der Waals surface area (Å²) < 4.78 is 35.7. The molecule has 1 fully saturated rings. The predicted octanol–water partition coefficient (Wildman–Crippen LogP) is 1.64. The van der Waals surface area contributed by atoms with Crippen LogP contribution in [0, 0.1) is 5.92 Å². The number of sulfone groups is 1. The quantitative estimate of drug-likeness (QED) is 0.678. The van der Waals surface area contributed by atoms with E-state index in [0.29, 0.717) is 35.2 Å². The van der Waals surface area contributed by atoms with Crippen LogP contribution in [0.1, 0.15) is 19.2 Å². The molecule has 2 aliphatic rings. The Morgan fingerprint density at radius 1 is 1.34 bits per heavy atom. The van der Waals surface area contributed by atoms with Crippen LogP contribution in [-0.4, -0.2) is 52.6 Å². The molecule has 2 aliphatic heterocycles. The first-order chi connectivity index (χ1) is 13.8. The van der Waals surface area contributed by atoms with Crippen molar-refractivity contribution >= 4 is 33.2 Å². The minimum Gasteiger partial charge on any atom is -0.454 e. The van der Waals surface area contributed by atoms with Crippen LogP contribution in [0.15, 0.2) is 23.4 Å². The first-order valence-electron chi connectivity index (χ1n) is 9.26. The SMILES string of the molecule is CC(Sc1nnc(CC2CCS(=O)(=O)C2)n1C)C(=O)Nc1ccc2c(c1)OCO2. The molecular formula is C18H22N4O5S2. The van der Waals surface area contributed by atoms with Gasteiger partial charge in [0, 0.05) is 25.2 Å². The molecule has 0 bridgehead atoms. The summed E-state index contributed by atoms with van der Waals surface area (Å²) in [4.78, 5) is 12.6. The molecule has 0 spiro atoms. The smallest absolute Gasteiger partial charge is 0.237 e. The van der Waals surface area contributed by atoms with E-state index in [4.69, 9.17) is 9.47 Å². The van der Waals surface area contributed by atoms with Crippen LogP contribution in [0.3, 0.4) is 0 Å². The summed E-state index contributed by atoms with van der Waals surface area (Å²) >= 11 is 1.30. The van der Waals surface area contributed by atoms with Crippen molar-refractivity contribution in [3.8, 4) is 11.5 Å². The van der Waals surface area contributed by atoms with Crippen molar-refractivity contribution in [3.05, 3.63) is 24.0 Å². The van der Waals surface area contributed by atoms with E-state index >= 15 is 0 Å². The Kier molecular flexibility index (Phi) is 5.43. The Bertz CT molecular complexity index is 1040. The van der Waals surface area contributed by atoms with Crippen LogP contribution in [-0.2, 0) is 28.1 Å². The topological polar surface area (TPSA) is 112 Å². The number of carbonyl (C=O) groups is 1. The highest BCUT2D eigenvalue weighted by atomic mass is 32.2. The summed E-state index contributed by atoms with van der Waals surface area (Å²) in [7, 11) is -1.08. The molecule has 1 N–H and O–H groups in total. The van der Waals surface area contributed by atoms with Gasteiger partial charge < -0.3 is 19.4 Å². The Labute approximate surface area is 173 Å². The molecule has 1 amide bonds. The molecule has 1 saturated heterocycles. The van der Waals surface area contributed by atoms with Crippen LogP contribution in [0.4, 0.5) is 5.69 Å². The minimum atomic E-state index is -2.92. The monoisotopic (exact) mass is 438 g/mol. The molecule has 156 valence electrons. The van der Waals surface area contributed by atoms with Crippen LogP contribution >= 0.6 is 11.8 Å². The fourth-order valence-electron chi connectivity index (χ4n) is 3.35. The van der Waals surface area contributed by atoms with E-state index in [2.05, 4.69) is 15.5 Å². The van der Waals surface area contributed by atoms with Crippen molar-refractivity contribution in [2.75, 3.05) is 23.6 Å². The number of aromatic nitrogens is 3. The second-order valence-electron chi connectivity index (χ2n) is 7.25. The normalized spacial score (nSPS) is 20.6. The minimum absolute atomic E-state index is 0.0764. The summed E-state index contributed by atoms with van der Waals surface area (Å²) in [6, 6.07) is 5.25. The zero-order valence-corrected chi connectivity index (χ0v) is 17.8. The Balaban J connectivity index is 1.36. The van der Waals surface area contributed by atoms with E-state index in [9.17, 15) is 13.2 Å². The molecule has 11 heteroatoms. The Hall–Kier alpha value is -2.27. The third-order valence-corrected chi connectivity index (χ3v) is 7.99. The fourth-order valence-corrected chi connectivity index (χ4v) is 6.04. The molecular weight excluding hydrogens is 416 g/mol. The molecule has 4 rings (SSSR count). The maximum absolute atomic E-state index is 12.6. The number of nitrogens with zero attached hydrogens (tertiary/aromatic N) is 3. The molecule has 0 aliphatic carbocycles. The van der Waals surface area contributed by atoms with Gasteiger partial charge in [0.15, 0.2) is 26.5 Å². The number of ether oxygens (including phenoxy) is 2. The van der Waals surface area contributed by atoms with Crippen LogP contribution in [0.5, 0.6) is 11.5 Å². The molecule has 0 saturated carbocycles. The zero-order chi connectivity index (χ0) is 20.6. The van der Waals surface area contributed by atoms with Gasteiger partial charge in [-0.2, -0.15) is 0 Å². The second-order valence-corrected chi connectivity index (χ2v) is 10.8. The fraction of sp³-hybridized carbons (Fsp3) is 0.500. The number of nitrogens with one attached hydrogen (secondary N) is 1. The lowest BCUT2D eigenvalue weighted by Crippen LogP contribution is -2.22. The third-order valence-electron chi connectivity index (χ3n) is 5.01. The molecule has 3 heterocycles. The average molecular weight is 439 g/mol. The highest BCUT2D eigenvalue weighted by molar-refractivity contribution is 8.00. The Morgan fingerprint density at radius 2 is 2.14 bits per heavy atom. The number of fused-ring (bicyclic) bond motifs is 1. The van der Waals surface area contributed by atoms with Gasteiger partial charge in [0.05, 0.1) is 16.8 Å². The van der Waals surface area contributed by atoms with Gasteiger partial charge in [-0.3, -0.25) is 4.79 Å². The van der Waals surface area contributed by atoms with E-state index < -0.39 is 15.1 Å². The number of thioether (sulfide) groups is 1. The van der Waals surface area contributed by atoms with Gasteiger partial charge in [0.2, 0.25) is 12.7 Å². The van der Waals surface area contributed by atoms with Crippen molar-refractivity contribution in [1.82, 2.24) is 14.8 Å².